The maximum Gasteiger partial charge on any atom is 0.472 e. The van der Waals surface area contributed by atoms with Crippen molar-refractivity contribution >= 4 is 19.8 Å². The maximum absolute atomic E-state index is 12.8. The first kappa shape index (κ1) is 80.5. The van der Waals surface area contributed by atoms with E-state index in [1.165, 1.54) is 321 Å². The number of hydrogen-bond donors (Lipinski definition) is 2. The average Bonchev–Trinajstić information content (AvgIpc) is 3.47. The lowest BCUT2D eigenvalue weighted by atomic mass is 10.0. The van der Waals surface area contributed by atoms with Crippen LogP contribution in [0.4, 0.5) is 0 Å². The Hall–Kier alpha value is -1.51. The topological polar surface area (TPSA) is 134 Å². The molecule has 0 radical (unpaired) electrons. The Morgan fingerprint density at radius 3 is 0.927 bits per heavy atom. The highest BCUT2D eigenvalue weighted by Gasteiger charge is 2.26. The number of allylic oxidation sites excluding steroid dienone is 4. The third-order valence-electron chi connectivity index (χ3n) is 16.6. The minimum Gasteiger partial charge on any atom is -0.462 e. The third kappa shape index (κ3) is 67.6. The summed E-state index contributed by atoms with van der Waals surface area (Å²) in [4.78, 5) is 35.3. The first-order valence-corrected chi connectivity index (χ1v) is 37.8. The third-order valence-corrected chi connectivity index (χ3v) is 17.6. The van der Waals surface area contributed by atoms with Crippen molar-refractivity contribution in [2.75, 3.05) is 26.4 Å². The predicted molar refractivity (Wildman–Crippen MR) is 354 cm³/mol. The predicted octanol–water partition coefficient (Wildman–Crippen LogP) is 23.7. The van der Waals surface area contributed by atoms with Crippen molar-refractivity contribution in [1.82, 2.24) is 0 Å². The second kappa shape index (κ2) is 68.6. The van der Waals surface area contributed by atoms with E-state index in [0.29, 0.717) is 6.42 Å². The van der Waals surface area contributed by atoms with Gasteiger partial charge in [-0.3, -0.25) is 18.6 Å². The maximum atomic E-state index is 12.8. The van der Waals surface area contributed by atoms with E-state index in [-0.39, 0.29) is 38.6 Å². The van der Waals surface area contributed by atoms with Gasteiger partial charge in [0.15, 0.2) is 6.10 Å². The van der Waals surface area contributed by atoms with E-state index in [1.807, 2.05) is 0 Å². The van der Waals surface area contributed by atoms with Gasteiger partial charge in [0.2, 0.25) is 0 Å². The summed E-state index contributed by atoms with van der Waals surface area (Å²) in [5.74, 6) is -0.801. The van der Waals surface area contributed by atoms with Crippen molar-refractivity contribution in [2.24, 2.45) is 5.73 Å². The molecular formula is C72H140NO8P. The van der Waals surface area contributed by atoms with Crippen LogP contribution in [0.15, 0.2) is 24.3 Å². The number of carbonyl (C=O) groups is 2. The van der Waals surface area contributed by atoms with Crippen molar-refractivity contribution in [1.29, 1.82) is 0 Å². The number of phosphoric ester groups is 1. The van der Waals surface area contributed by atoms with E-state index < -0.39 is 26.5 Å². The molecule has 82 heavy (non-hydrogen) atoms. The van der Waals surface area contributed by atoms with E-state index in [2.05, 4.69) is 38.2 Å². The number of unbranched alkanes of at least 4 members (excludes halogenated alkanes) is 53. The number of esters is 2. The highest BCUT2D eigenvalue weighted by atomic mass is 31.2. The normalized spacial score (nSPS) is 13.0. The Bertz CT molecular complexity index is 1390. The van der Waals surface area contributed by atoms with Crippen molar-refractivity contribution in [3.8, 4) is 0 Å². The van der Waals surface area contributed by atoms with E-state index in [0.717, 1.165) is 38.5 Å². The first-order chi connectivity index (χ1) is 40.3. The Morgan fingerprint density at radius 2 is 0.634 bits per heavy atom. The van der Waals surface area contributed by atoms with Crippen molar-refractivity contribution in [2.45, 2.75) is 399 Å². The van der Waals surface area contributed by atoms with Gasteiger partial charge in [-0.15, -0.1) is 0 Å². The lowest BCUT2D eigenvalue weighted by molar-refractivity contribution is -0.161. The van der Waals surface area contributed by atoms with Crippen LogP contribution < -0.4 is 5.73 Å². The number of carbonyl (C=O) groups excluding carboxylic acids is 2. The van der Waals surface area contributed by atoms with Crippen LogP contribution in [0.25, 0.3) is 0 Å². The van der Waals surface area contributed by atoms with Crippen LogP contribution in [0.5, 0.6) is 0 Å². The molecular weight excluding hydrogens is 1040 g/mol. The second-order valence-corrected chi connectivity index (χ2v) is 26.3. The minimum atomic E-state index is -4.39. The molecule has 0 aromatic carbocycles. The molecule has 0 heterocycles. The molecule has 9 nitrogen and oxygen atoms in total. The SMILES string of the molecule is CCCCCCC/C=C\C/C=C\CCCCCCCCCCCCCCCCCCCCCCCCCCCCCCCC(=O)OC(COC(=O)CCCCCCCCCCCCCCCCCCCCCC)COP(=O)(O)OCCN. The number of nitrogens with two attached hydrogens (primary N) is 1. The Balaban J connectivity index is 3.72. The monoisotopic (exact) mass is 1180 g/mol. The van der Waals surface area contributed by atoms with Gasteiger partial charge in [0.1, 0.15) is 6.61 Å². The average molecular weight is 1180 g/mol. The molecule has 0 spiro atoms. The zero-order valence-corrected chi connectivity index (χ0v) is 55.7. The Morgan fingerprint density at radius 1 is 0.366 bits per heavy atom. The number of rotatable bonds is 70. The van der Waals surface area contributed by atoms with E-state index in [1.54, 1.807) is 0 Å². The minimum absolute atomic E-state index is 0.0577. The summed E-state index contributed by atoms with van der Waals surface area (Å²) in [7, 11) is -4.39. The van der Waals surface area contributed by atoms with Crippen molar-refractivity contribution in [3.05, 3.63) is 24.3 Å². The van der Waals surface area contributed by atoms with E-state index >= 15 is 0 Å². The Labute approximate surface area is 510 Å². The van der Waals surface area contributed by atoms with E-state index in [4.69, 9.17) is 24.3 Å². The molecule has 2 atom stereocenters. The molecule has 0 rings (SSSR count). The zero-order valence-electron chi connectivity index (χ0n) is 54.8. The Kier molecular flexibility index (Phi) is 67.3. The van der Waals surface area contributed by atoms with Gasteiger partial charge in [0, 0.05) is 19.4 Å². The van der Waals surface area contributed by atoms with Gasteiger partial charge in [0.25, 0.3) is 0 Å². The lowest BCUT2D eigenvalue weighted by Crippen LogP contribution is -2.29. The van der Waals surface area contributed by atoms with Crippen molar-refractivity contribution < 1.29 is 37.6 Å². The molecule has 0 aliphatic heterocycles. The fourth-order valence-electron chi connectivity index (χ4n) is 11.2. The molecule has 0 amide bonds. The molecule has 0 saturated carbocycles. The molecule has 0 aliphatic rings. The van der Waals surface area contributed by atoms with Gasteiger partial charge in [-0.05, 0) is 44.9 Å². The number of hydrogen-bond acceptors (Lipinski definition) is 8. The van der Waals surface area contributed by atoms with Crippen LogP contribution in [0.3, 0.4) is 0 Å². The smallest absolute Gasteiger partial charge is 0.462 e. The van der Waals surface area contributed by atoms with Crippen molar-refractivity contribution in [3.63, 3.8) is 0 Å². The van der Waals surface area contributed by atoms with Crippen LogP contribution in [-0.2, 0) is 32.7 Å². The first-order valence-electron chi connectivity index (χ1n) is 36.3. The number of ether oxygens (including phenoxy) is 2. The molecule has 486 valence electrons. The summed E-state index contributed by atoms with van der Waals surface area (Å²) in [5.41, 5.74) is 5.40. The molecule has 0 aromatic heterocycles. The lowest BCUT2D eigenvalue weighted by Gasteiger charge is -2.19. The highest BCUT2D eigenvalue weighted by Crippen LogP contribution is 2.43. The molecule has 2 unspecified atom stereocenters. The number of phosphoric acid groups is 1. The molecule has 0 fully saturated rings. The van der Waals surface area contributed by atoms with E-state index in [9.17, 15) is 19.0 Å². The fourth-order valence-corrected chi connectivity index (χ4v) is 12.0. The summed E-state index contributed by atoms with van der Waals surface area (Å²) >= 11 is 0. The fraction of sp³-hybridized carbons (Fsp3) is 0.917. The molecule has 10 heteroatoms. The summed E-state index contributed by atoms with van der Waals surface area (Å²) in [6.45, 7) is 3.82. The van der Waals surface area contributed by atoms with Gasteiger partial charge in [0.05, 0.1) is 13.2 Å². The quantitative estimate of drug-likeness (QED) is 0.0264. The molecule has 0 aromatic rings. The largest absolute Gasteiger partial charge is 0.472 e. The molecule has 0 saturated heterocycles. The van der Waals surface area contributed by atoms with Gasteiger partial charge in [-0.2, -0.15) is 0 Å². The van der Waals surface area contributed by atoms with Crippen LogP contribution in [0.1, 0.15) is 393 Å². The van der Waals surface area contributed by atoms with Crippen LogP contribution in [0, 0.1) is 0 Å². The summed E-state index contributed by atoms with van der Waals surface area (Å²) < 4.78 is 33.2. The highest BCUT2D eigenvalue weighted by molar-refractivity contribution is 7.47. The van der Waals surface area contributed by atoms with Gasteiger partial charge < -0.3 is 20.1 Å². The van der Waals surface area contributed by atoms with Crippen LogP contribution >= 0.6 is 7.82 Å². The molecule has 3 N–H and O–H groups in total. The second-order valence-electron chi connectivity index (χ2n) is 24.8. The van der Waals surface area contributed by atoms with Gasteiger partial charge in [-0.25, -0.2) is 4.57 Å². The van der Waals surface area contributed by atoms with Gasteiger partial charge >= 0.3 is 19.8 Å². The zero-order chi connectivity index (χ0) is 59.4. The van der Waals surface area contributed by atoms with Gasteiger partial charge in [-0.1, -0.05) is 359 Å². The summed E-state index contributed by atoms with van der Waals surface area (Å²) in [6, 6.07) is 0. The van der Waals surface area contributed by atoms with Crippen LogP contribution in [-0.4, -0.2) is 49.3 Å². The molecule has 0 aliphatic carbocycles. The van der Waals surface area contributed by atoms with Crippen LogP contribution in [0.2, 0.25) is 0 Å². The standard InChI is InChI=1S/C72H140NO8P/c1-3-5-7-9-11-13-15-17-19-21-23-25-26-27-28-29-30-31-32-33-34-35-36-37-38-39-40-41-42-43-44-45-47-49-51-53-55-57-59-61-63-65-72(75)81-70(69-80-82(76,77)79-67-66-73)68-78-71(74)64-62-60-58-56-54-52-50-48-46-24-22-20-18-16-14-12-10-8-6-4-2/h15,17,21,23,70H,3-14,16,18-20,22,24-69,73H2,1-2H3,(H,76,77)/b17-15-,23-21-. The summed E-state index contributed by atoms with van der Waals surface area (Å²) in [5, 5.41) is 0. The molecule has 0 bridgehead atoms. The summed E-state index contributed by atoms with van der Waals surface area (Å²) in [6.07, 6.45) is 84.5.